The van der Waals surface area contributed by atoms with E-state index in [0.717, 1.165) is 74.9 Å². The summed E-state index contributed by atoms with van der Waals surface area (Å²) in [6, 6.07) is 17.7. The highest BCUT2D eigenvalue weighted by Crippen LogP contribution is 2.42. The Morgan fingerprint density at radius 2 is 1.80 bits per heavy atom. The molecule has 13 heteroatoms. The molecule has 1 unspecified atom stereocenters. The van der Waals surface area contributed by atoms with E-state index in [1.165, 1.54) is 0 Å². The summed E-state index contributed by atoms with van der Waals surface area (Å²) in [5, 5.41) is 17.9. The predicted molar refractivity (Wildman–Crippen MR) is 197 cm³/mol. The number of rotatable bonds is 9. The molecule has 3 aliphatic rings. The fourth-order valence-electron chi connectivity index (χ4n) is 7.36. The topological polar surface area (TPSA) is 124 Å². The fourth-order valence-corrected chi connectivity index (χ4v) is 8.96. The third-order valence-electron chi connectivity index (χ3n) is 10.0. The summed E-state index contributed by atoms with van der Waals surface area (Å²) >= 11 is 15.8. The molecule has 3 N–H and O–H groups in total. The van der Waals surface area contributed by atoms with Gasteiger partial charge in [-0.05, 0) is 50.1 Å². The molecule has 0 bridgehead atoms. The Morgan fingerprint density at radius 3 is 2.56 bits per heavy atom. The van der Waals surface area contributed by atoms with Crippen LogP contribution in [-0.4, -0.2) is 73.5 Å². The Balaban J connectivity index is 1.02. The number of anilines is 2. The minimum atomic E-state index is -0.742. The van der Waals surface area contributed by atoms with Gasteiger partial charge in [0.15, 0.2) is 5.82 Å². The smallest absolute Gasteiger partial charge is 0.307 e. The number of hydrogen-bond donors (Lipinski definition) is 3. The number of aryl methyl sites for hydroxylation is 1. The number of halogens is 2. The highest BCUT2D eigenvalue weighted by molar-refractivity contribution is 7.18. The Kier molecular flexibility index (Phi) is 8.73. The lowest BCUT2D eigenvalue weighted by molar-refractivity contribution is -0.141. The highest BCUT2D eigenvalue weighted by atomic mass is 35.5. The summed E-state index contributed by atoms with van der Waals surface area (Å²) in [5.74, 6) is -0.334. The largest absolute Gasteiger partial charge is 0.481 e. The zero-order chi connectivity index (χ0) is 34.6. The van der Waals surface area contributed by atoms with Crippen LogP contribution in [0.4, 0.5) is 11.5 Å². The van der Waals surface area contributed by atoms with Gasteiger partial charge in [0.1, 0.15) is 10.5 Å². The number of likely N-dealkylation sites (tertiary alicyclic amines) is 2. The number of hydrogen-bond acceptors (Lipinski definition) is 9. The van der Waals surface area contributed by atoms with Gasteiger partial charge in [0.2, 0.25) is 5.91 Å². The van der Waals surface area contributed by atoms with Crippen LogP contribution in [-0.2, 0) is 22.7 Å². The van der Waals surface area contributed by atoms with Gasteiger partial charge in [-0.25, -0.2) is 9.97 Å². The lowest BCUT2D eigenvalue weighted by Gasteiger charge is -2.47. The molecule has 8 rings (SSSR count). The van der Waals surface area contributed by atoms with Gasteiger partial charge in [-0.2, -0.15) is 0 Å². The van der Waals surface area contributed by atoms with Gasteiger partial charge in [-0.15, -0.1) is 11.3 Å². The van der Waals surface area contributed by atoms with Gasteiger partial charge in [-0.1, -0.05) is 59.6 Å². The Labute approximate surface area is 303 Å². The second-order valence-electron chi connectivity index (χ2n) is 13.6. The highest BCUT2D eigenvalue weighted by Gasteiger charge is 2.47. The first kappa shape index (κ1) is 33.0. The van der Waals surface area contributed by atoms with E-state index in [9.17, 15) is 14.7 Å². The molecule has 5 aromatic rings. The number of thiazole rings is 1. The molecule has 0 aliphatic carbocycles. The summed E-state index contributed by atoms with van der Waals surface area (Å²) in [6.45, 7) is 6.33. The number of aliphatic carboxylic acids is 1. The fraction of sp³-hybridized carbons (Fsp3) is 0.324. The van der Waals surface area contributed by atoms with Crippen molar-refractivity contribution in [2.75, 3.05) is 31.5 Å². The lowest BCUT2D eigenvalue weighted by Crippen LogP contribution is -2.66. The monoisotopic (exact) mass is 727 g/mol. The van der Waals surface area contributed by atoms with E-state index in [-0.39, 0.29) is 17.4 Å². The first-order valence-corrected chi connectivity index (χ1v) is 18.3. The van der Waals surface area contributed by atoms with Crippen LogP contribution in [0.15, 0.2) is 60.8 Å². The molecular formula is C37H35Cl2N7O3S. The van der Waals surface area contributed by atoms with Crippen molar-refractivity contribution in [2.24, 2.45) is 5.92 Å². The van der Waals surface area contributed by atoms with Gasteiger partial charge in [0, 0.05) is 55.5 Å². The molecule has 0 radical (unpaired) electrons. The van der Waals surface area contributed by atoms with Crippen molar-refractivity contribution in [2.45, 2.75) is 44.8 Å². The van der Waals surface area contributed by atoms with Crippen LogP contribution in [0.25, 0.3) is 32.6 Å². The number of aromatic nitrogens is 3. The minimum absolute atomic E-state index is 0.0723. The van der Waals surface area contributed by atoms with Crippen LogP contribution in [0.3, 0.4) is 0 Å². The number of fused-ring (bicyclic) bond motifs is 1. The summed E-state index contributed by atoms with van der Waals surface area (Å²) in [5.41, 5.74) is 6.60. The number of carboxylic acid groups (broad SMARTS) is 1. The molecule has 3 saturated heterocycles. The van der Waals surface area contributed by atoms with Crippen molar-refractivity contribution >= 4 is 68.1 Å². The molecule has 1 amide bonds. The predicted octanol–water partition coefficient (Wildman–Crippen LogP) is 7.15. The second kappa shape index (κ2) is 13.2. The van der Waals surface area contributed by atoms with Crippen molar-refractivity contribution in [3.8, 4) is 22.4 Å². The van der Waals surface area contributed by atoms with Crippen molar-refractivity contribution < 1.29 is 14.7 Å². The standard InChI is InChI=1S/C37H35Cl2N7O3S/c1-21-8-9-26(41-28(21)17-46-19-37(20-46)13-10-30(47)44-37)25-6-2-4-23(32(25)38)24-5-3-7-27(33(24)39)42-35-34-29(11-14-40-35)50-31(43-34)18-45-15-12-22(16-45)36(48)49/h2-9,11,14,22H,10,12-13,15-20H2,1H3,(H,40,42)(H,44,47)(H,48,49). The summed E-state index contributed by atoms with van der Waals surface area (Å²) < 4.78 is 0.985. The van der Waals surface area contributed by atoms with Crippen LogP contribution in [0, 0.1) is 12.8 Å². The van der Waals surface area contributed by atoms with E-state index in [0.29, 0.717) is 54.0 Å². The Bertz CT molecular complexity index is 2150. The third-order valence-corrected chi connectivity index (χ3v) is 11.8. The number of nitrogens with zero attached hydrogens (tertiary/aromatic N) is 5. The number of carboxylic acids is 1. The average molecular weight is 729 g/mol. The number of pyridine rings is 2. The van der Waals surface area contributed by atoms with Gasteiger partial charge < -0.3 is 15.7 Å². The summed E-state index contributed by atoms with van der Waals surface area (Å²) in [7, 11) is 0. The van der Waals surface area contributed by atoms with E-state index in [1.54, 1.807) is 17.5 Å². The summed E-state index contributed by atoms with van der Waals surface area (Å²) in [6.07, 6.45) is 3.90. The first-order valence-electron chi connectivity index (χ1n) is 16.7. The number of carbonyl (C=O) groups is 2. The molecule has 2 aromatic carbocycles. The van der Waals surface area contributed by atoms with E-state index in [1.807, 2.05) is 48.5 Å². The van der Waals surface area contributed by atoms with Crippen molar-refractivity contribution in [1.82, 2.24) is 30.1 Å². The molecule has 3 fully saturated rings. The second-order valence-corrected chi connectivity index (χ2v) is 15.4. The van der Waals surface area contributed by atoms with Crippen LogP contribution >= 0.6 is 34.5 Å². The van der Waals surface area contributed by atoms with E-state index in [2.05, 4.69) is 38.4 Å². The SMILES string of the molecule is Cc1ccc(-c2cccc(-c3cccc(Nc4nccc5sc(CN6CCC(C(=O)O)C6)nc45)c3Cl)c2Cl)nc1CN1CC2(CCC(=O)N2)C1. The zero-order valence-electron chi connectivity index (χ0n) is 27.4. The normalized spacial score (nSPS) is 18.9. The zero-order valence-corrected chi connectivity index (χ0v) is 29.7. The molecule has 3 aliphatic heterocycles. The van der Waals surface area contributed by atoms with Crippen LogP contribution < -0.4 is 10.6 Å². The van der Waals surface area contributed by atoms with Crippen LogP contribution in [0.1, 0.15) is 35.5 Å². The molecule has 1 atom stereocenters. The average Bonchev–Trinajstić information content (AvgIpc) is 3.82. The van der Waals surface area contributed by atoms with E-state index < -0.39 is 5.97 Å². The maximum absolute atomic E-state index is 11.8. The molecular weight excluding hydrogens is 693 g/mol. The van der Waals surface area contributed by atoms with Gasteiger partial charge in [-0.3, -0.25) is 24.4 Å². The van der Waals surface area contributed by atoms with Crippen molar-refractivity contribution in [3.05, 3.63) is 87.1 Å². The van der Waals surface area contributed by atoms with Gasteiger partial charge in [0.25, 0.3) is 0 Å². The van der Waals surface area contributed by atoms with Crippen molar-refractivity contribution in [1.29, 1.82) is 0 Å². The van der Waals surface area contributed by atoms with Crippen molar-refractivity contribution in [3.63, 3.8) is 0 Å². The van der Waals surface area contributed by atoms with Crippen LogP contribution in [0.5, 0.6) is 0 Å². The maximum atomic E-state index is 11.8. The molecule has 3 aromatic heterocycles. The number of nitrogens with one attached hydrogen (secondary N) is 2. The number of benzene rings is 2. The maximum Gasteiger partial charge on any atom is 0.307 e. The quantitative estimate of drug-likeness (QED) is 0.145. The molecule has 10 nitrogen and oxygen atoms in total. The number of amides is 1. The van der Waals surface area contributed by atoms with Crippen LogP contribution in [0.2, 0.25) is 10.0 Å². The Morgan fingerprint density at radius 1 is 1.02 bits per heavy atom. The molecule has 0 saturated carbocycles. The minimum Gasteiger partial charge on any atom is -0.481 e. The molecule has 50 heavy (non-hydrogen) atoms. The molecule has 256 valence electrons. The van der Waals surface area contributed by atoms with Gasteiger partial charge in [0.05, 0.1) is 49.8 Å². The lowest BCUT2D eigenvalue weighted by atomic mass is 9.88. The van der Waals surface area contributed by atoms with Gasteiger partial charge >= 0.3 is 5.97 Å². The Hall–Kier alpha value is -4.13. The molecule has 6 heterocycles. The molecule has 1 spiro atoms. The third kappa shape index (κ3) is 6.33. The van der Waals surface area contributed by atoms with E-state index >= 15 is 0 Å². The van der Waals surface area contributed by atoms with E-state index in [4.69, 9.17) is 33.2 Å². The number of carbonyl (C=O) groups excluding carboxylic acids is 1. The summed E-state index contributed by atoms with van der Waals surface area (Å²) in [4.78, 5) is 42.2. The first-order chi connectivity index (χ1) is 24.1.